The predicted molar refractivity (Wildman–Crippen MR) is 73.2 cm³/mol. The molecule has 0 bridgehead atoms. The lowest BCUT2D eigenvalue weighted by Gasteiger charge is -2.17. The normalized spacial score (nSPS) is 17.0. The van der Waals surface area contributed by atoms with E-state index >= 15 is 0 Å². The minimum Gasteiger partial charge on any atom is -0.507 e. The molecule has 19 heavy (non-hydrogen) atoms. The molecule has 2 rings (SSSR count). The molecular formula is C12H14BrN3O3. The molecule has 0 saturated heterocycles. The number of aromatic hydroxyl groups is 1. The van der Waals surface area contributed by atoms with E-state index in [-0.39, 0.29) is 23.1 Å². The fraction of sp³-hybridized carbons (Fsp3) is 0.333. The highest BCUT2D eigenvalue weighted by Crippen LogP contribution is 2.33. The third-order valence-corrected chi connectivity index (χ3v) is 3.51. The van der Waals surface area contributed by atoms with Gasteiger partial charge in [0.1, 0.15) is 5.75 Å². The van der Waals surface area contributed by atoms with E-state index in [0.717, 1.165) is 12.8 Å². The van der Waals surface area contributed by atoms with Crippen LogP contribution in [0, 0.1) is 5.92 Å². The molecule has 0 heterocycles. The number of rotatable bonds is 4. The van der Waals surface area contributed by atoms with Crippen molar-refractivity contribution in [2.45, 2.75) is 18.9 Å². The van der Waals surface area contributed by atoms with E-state index in [1.807, 2.05) is 0 Å². The third-order valence-electron chi connectivity index (χ3n) is 3.02. The van der Waals surface area contributed by atoms with Crippen LogP contribution in [0.15, 0.2) is 27.8 Å². The first-order chi connectivity index (χ1) is 9.02. The number of phenolic OH excluding ortho intramolecular Hbond substituents is 1. The van der Waals surface area contributed by atoms with Crippen molar-refractivity contribution >= 4 is 27.7 Å². The zero-order valence-electron chi connectivity index (χ0n) is 10.0. The molecule has 1 aliphatic rings. The zero-order chi connectivity index (χ0) is 14.0. The Bertz CT molecular complexity index is 529. The van der Waals surface area contributed by atoms with Crippen molar-refractivity contribution < 1.29 is 15.1 Å². The van der Waals surface area contributed by atoms with E-state index in [2.05, 4.69) is 26.4 Å². The molecule has 1 atom stereocenters. The maximum atomic E-state index is 12.1. The minimum absolute atomic E-state index is 0.0228. The van der Waals surface area contributed by atoms with Gasteiger partial charge in [-0.1, -0.05) is 21.1 Å². The zero-order valence-corrected chi connectivity index (χ0v) is 11.6. The first kappa shape index (κ1) is 13.7. The van der Waals surface area contributed by atoms with Crippen LogP contribution in [0.25, 0.3) is 0 Å². The molecule has 1 saturated carbocycles. The summed E-state index contributed by atoms with van der Waals surface area (Å²) in [6.07, 6.45) is 1.84. The number of halogens is 1. The first-order valence-corrected chi connectivity index (χ1v) is 6.59. The van der Waals surface area contributed by atoms with Gasteiger partial charge in [-0.2, -0.15) is 0 Å². The summed E-state index contributed by atoms with van der Waals surface area (Å²) in [5.74, 6) is -0.406. The van der Waals surface area contributed by atoms with E-state index in [0.29, 0.717) is 4.47 Å². The molecule has 0 aromatic heterocycles. The van der Waals surface area contributed by atoms with Crippen LogP contribution in [0.4, 0.5) is 0 Å². The maximum absolute atomic E-state index is 12.1. The molecule has 1 unspecified atom stereocenters. The van der Waals surface area contributed by atoms with Gasteiger partial charge >= 0.3 is 0 Å². The molecular weight excluding hydrogens is 314 g/mol. The van der Waals surface area contributed by atoms with Gasteiger partial charge in [0.25, 0.3) is 5.91 Å². The number of phenols is 1. The second-order valence-corrected chi connectivity index (χ2v) is 5.39. The largest absolute Gasteiger partial charge is 0.507 e. The van der Waals surface area contributed by atoms with E-state index < -0.39 is 11.9 Å². The molecule has 5 N–H and O–H groups in total. The molecule has 1 aliphatic carbocycles. The van der Waals surface area contributed by atoms with Crippen LogP contribution in [0.2, 0.25) is 0 Å². The van der Waals surface area contributed by atoms with E-state index in [9.17, 15) is 9.90 Å². The number of amidine groups is 1. The van der Waals surface area contributed by atoms with Crippen LogP contribution in [0.1, 0.15) is 23.2 Å². The summed E-state index contributed by atoms with van der Waals surface area (Å²) in [4.78, 5) is 12.1. The van der Waals surface area contributed by atoms with Crippen LogP contribution in [-0.2, 0) is 0 Å². The monoisotopic (exact) mass is 327 g/mol. The summed E-state index contributed by atoms with van der Waals surface area (Å²) in [6.45, 7) is 0. The van der Waals surface area contributed by atoms with Crippen LogP contribution in [0.5, 0.6) is 5.75 Å². The number of hydrogen-bond donors (Lipinski definition) is 4. The number of hydrogen-bond acceptors (Lipinski definition) is 4. The van der Waals surface area contributed by atoms with E-state index in [1.165, 1.54) is 12.1 Å². The van der Waals surface area contributed by atoms with Crippen molar-refractivity contribution in [3.8, 4) is 5.75 Å². The minimum atomic E-state index is -0.504. The van der Waals surface area contributed by atoms with Gasteiger partial charge in [-0.05, 0) is 37.0 Å². The number of oxime groups is 1. The predicted octanol–water partition coefficient (Wildman–Crippen LogP) is 1.41. The van der Waals surface area contributed by atoms with Crippen molar-refractivity contribution in [2.75, 3.05) is 0 Å². The second-order valence-electron chi connectivity index (χ2n) is 4.47. The average Bonchev–Trinajstić information content (AvgIpc) is 3.22. The molecule has 102 valence electrons. The third kappa shape index (κ3) is 3.17. The van der Waals surface area contributed by atoms with Gasteiger partial charge in [0.15, 0.2) is 5.84 Å². The maximum Gasteiger partial charge on any atom is 0.255 e. The molecule has 7 heteroatoms. The van der Waals surface area contributed by atoms with Crippen molar-refractivity contribution in [3.63, 3.8) is 0 Å². The molecule has 1 amide bonds. The van der Waals surface area contributed by atoms with Gasteiger partial charge in [0.05, 0.1) is 11.6 Å². The van der Waals surface area contributed by atoms with Gasteiger partial charge in [0, 0.05) is 4.47 Å². The van der Waals surface area contributed by atoms with Crippen LogP contribution < -0.4 is 11.1 Å². The van der Waals surface area contributed by atoms with Crippen LogP contribution in [-0.4, -0.2) is 28.1 Å². The Labute approximate surface area is 118 Å². The van der Waals surface area contributed by atoms with Crippen LogP contribution >= 0.6 is 15.9 Å². The van der Waals surface area contributed by atoms with Crippen LogP contribution in [0.3, 0.4) is 0 Å². The summed E-state index contributed by atoms with van der Waals surface area (Å²) in [5, 5.41) is 24.0. The number of nitrogens with one attached hydrogen (secondary N) is 1. The van der Waals surface area contributed by atoms with E-state index in [4.69, 9.17) is 10.9 Å². The van der Waals surface area contributed by atoms with Gasteiger partial charge in [-0.15, -0.1) is 0 Å². The SMILES string of the molecule is N/C(=N/O)C(NC(=O)c1cc(Br)ccc1O)C1CC1. The Morgan fingerprint density at radius 1 is 1.53 bits per heavy atom. The highest BCUT2D eigenvalue weighted by atomic mass is 79.9. The molecule has 1 aromatic carbocycles. The first-order valence-electron chi connectivity index (χ1n) is 5.79. The summed E-state index contributed by atoms with van der Waals surface area (Å²) in [5.41, 5.74) is 5.71. The molecule has 1 fully saturated rings. The quantitative estimate of drug-likeness (QED) is 0.290. The number of carbonyl (C=O) groups excluding carboxylic acids is 1. The lowest BCUT2D eigenvalue weighted by Crippen LogP contribution is -2.46. The topological polar surface area (TPSA) is 108 Å². The Balaban J connectivity index is 2.17. The average molecular weight is 328 g/mol. The summed E-state index contributed by atoms with van der Waals surface area (Å²) >= 11 is 3.24. The summed E-state index contributed by atoms with van der Waals surface area (Å²) in [6, 6.07) is 4.07. The fourth-order valence-electron chi connectivity index (χ4n) is 1.83. The molecule has 0 radical (unpaired) electrons. The van der Waals surface area contributed by atoms with Gasteiger partial charge in [-0.25, -0.2) is 0 Å². The molecule has 0 spiro atoms. The molecule has 6 nitrogen and oxygen atoms in total. The van der Waals surface area contributed by atoms with Crippen molar-refractivity contribution in [2.24, 2.45) is 16.8 Å². The fourth-order valence-corrected chi connectivity index (χ4v) is 2.20. The second kappa shape index (κ2) is 5.48. The smallest absolute Gasteiger partial charge is 0.255 e. The van der Waals surface area contributed by atoms with Gasteiger partial charge < -0.3 is 21.4 Å². The Morgan fingerprint density at radius 3 is 2.79 bits per heavy atom. The molecule has 0 aliphatic heterocycles. The number of carbonyl (C=O) groups is 1. The van der Waals surface area contributed by atoms with Crippen molar-refractivity contribution in [1.29, 1.82) is 0 Å². The van der Waals surface area contributed by atoms with Crippen molar-refractivity contribution in [3.05, 3.63) is 28.2 Å². The highest BCUT2D eigenvalue weighted by molar-refractivity contribution is 9.10. The van der Waals surface area contributed by atoms with Crippen molar-refractivity contribution in [1.82, 2.24) is 5.32 Å². The summed E-state index contributed by atoms with van der Waals surface area (Å²) < 4.78 is 0.683. The lowest BCUT2D eigenvalue weighted by molar-refractivity contribution is 0.0940. The standard InChI is InChI=1S/C12H14BrN3O3/c13-7-3-4-9(17)8(5-7)12(18)15-10(6-1-2-6)11(14)16-19/h3-6,10,17,19H,1-2H2,(H2,14,16)(H,15,18). The Kier molecular flexibility index (Phi) is 3.94. The Hall–Kier alpha value is -1.76. The number of nitrogens with two attached hydrogens (primary N) is 1. The number of benzene rings is 1. The van der Waals surface area contributed by atoms with Gasteiger partial charge in [-0.3, -0.25) is 4.79 Å². The number of amides is 1. The molecule has 1 aromatic rings. The highest BCUT2D eigenvalue weighted by Gasteiger charge is 2.35. The summed E-state index contributed by atoms with van der Waals surface area (Å²) in [7, 11) is 0. The van der Waals surface area contributed by atoms with E-state index in [1.54, 1.807) is 6.07 Å². The van der Waals surface area contributed by atoms with Gasteiger partial charge in [0.2, 0.25) is 0 Å². The number of nitrogens with zero attached hydrogens (tertiary/aromatic N) is 1. The Morgan fingerprint density at radius 2 is 2.21 bits per heavy atom. The lowest BCUT2D eigenvalue weighted by atomic mass is 10.1.